The summed E-state index contributed by atoms with van der Waals surface area (Å²) in [5.41, 5.74) is 3.24. The molecular formula is C26H37N7O2S. The van der Waals surface area contributed by atoms with Gasteiger partial charge in [0.2, 0.25) is 16.0 Å². The topological polar surface area (TPSA) is 111 Å². The molecule has 4 rings (SSSR count). The molecule has 0 bridgehead atoms. The Kier molecular flexibility index (Phi) is 7.67. The van der Waals surface area contributed by atoms with Crippen molar-refractivity contribution < 1.29 is 8.42 Å². The van der Waals surface area contributed by atoms with Gasteiger partial charge < -0.3 is 20.9 Å². The van der Waals surface area contributed by atoms with Gasteiger partial charge in [-0.25, -0.2) is 18.1 Å². The first kappa shape index (κ1) is 26.1. The van der Waals surface area contributed by atoms with Gasteiger partial charge in [-0.3, -0.25) is 0 Å². The SMILES string of the molecule is Cc1cnc(NC2=CC(N3CCNCC3)=CCC2C)nc1Nc1cccc(S(=O)(=O)NC(C)(C)C)c1. The van der Waals surface area contributed by atoms with Crippen molar-refractivity contribution in [2.75, 3.05) is 36.8 Å². The molecule has 1 aromatic heterocycles. The molecular weight excluding hydrogens is 474 g/mol. The highest BCUT2D eigenvalue weighted by molar-refractivity contribution is 7.89. The van der Waals surface area contributed by atoms with Crippen molar-refractivity contribution in [3.8, 4) is 0 Å². The Morgan fingerprint density at radius 3 is 2.61 bits per heavy atom. The molecule has 1 aliphatic heterocycles. The fourth-order valence-electron chi connectivity index (χ4n) is 4.19. The van der Waals surface area contributed by atoms with Gasteiger partial charge in [-0.1, -0.05) is 19.1 Å². The van der Waals surface area contributed by atoms with Gasteiger partial charge in [0.25, 0.3) is 0 Å². The van der Waals surface area contributed by atoms with Gasteiger partial charge in [0.15, 0.2) is 0 Å². The predicted molar refractivity (Wildman–Crippen MR) is 145 cm³/mol. The van der Waals surface area contributed by atoms with Gasteiger partial charge in [-0.2, -0.15) is 4.98 Å². The van der Waals surface area contributed by atoms with E-state index in [-0.39, 0.29) is 4.90 Å². The third-order valence-electron chi connectivity index (χ3n) is 6.07. The number of sulfonamides is 1. The van der Waals surface area contributed by atoms with E-state index < -0.39 is 15.6 Å². The summed E-state index contributed by atoms with van der Waals surface area (Å²) in [7, 11) is -3.65. The number of aryl methyl sites for hydroxylation is 1. The Morgan fingerprint density at radius 1 is 1.14 bits per heavy atom. The third-order valence-corrected chi connectivity index (χ3v) is 7.83. The summed E-state index contributed by atoms with van der Waals surface area (Å²) in [6.07, 6.45) is 7.23. The molecule has 36 heavy (non-hydrogen) atoms. The van der Waals surface area contributed by atoms with Gasteiger partial charge in [0.05, 0.1) is 4.90 Å². The third kappa shape index (κ3) is 6.63. The van der Waals surface area contributed by atoms with Crippen LogP contribution in [-0.4, -0.2) is 55.0 Å². The lowest BCUT2D eigenvalue weighted by atomic mass is 9.96. The van der Waals surface area contributed by atoms with E-state index in [1.54, 1.807) is 24.4 Å². The lowest BCUT2D eigenvalue weighted by Crippen LogP contribution is -2.43. The summed E-state index contributed by atoms with van der Waals surface area (Å²) in [4.78, 5) is 11.8. The molecule has 1 aliphatic carbocycles. The number of rotatable bonds is 7. The highest BCUT2D eigenvalue weighted by Crippen LogP contribution is 2.28. The zero-order valence-corrected chi connectivity index (χ0v) is 22.5. The zero-order valence-electron chi connectivity index (χ0n) is 21.7. The fourth-order valence-corrected chi connectivity index (χ4v) is 5.65. The average Bonchev–Trinajstić information content (AvgIpc) is 2.82. The molecule has 0 saturated carbocycles. The second-order valence-corrected chi connectivity index (χ2v) is 12.1. The van der Waals surface area contributed by atoms with E-state index in [0.29, 0.717) is 23.4 Å². The number of hydrogen-bond acceptors (Lipinski definition) is 8. The largest absolute Gasteiger partial charge is 0.369 e. The maximum atomic E-state index is 12.8. The quantitative estimate of drug-likeness (QED) is 0.445. The van der Waals surface area contributed by atoms with E-state index in [9.17, 15) is 8.42 Å². The minimum Gasteiger partial charge on any atom is -0.369 e. The van der Waals surface area contributed by atoms with Crippen molar-refractivity contribution >= 4 is 27.5 Å². The Balaban J connectivity index is 1.52. The summed E-state index contributed by atoms with van der Waals surface area (Å²) in [5.74, 6) is 1.45. The van der Waals surface area contributed by atoms with E-state index >= 15 is 0 Å². The summed E-state index contributed by atoms with van der Waals surface area (Å²) in [5, 5.41) is 10.1. The first-order valence-electron chi connectivity index (χ1n) is 12.4. The molecule has 0 amide bonds. The maximum Gasteiger partial charge on any atom is 0.241 e. The number of benzene rings is 1. The molecule has 1 saturated heterocycles. The van der Waals surface area contributed by atoms with Crippen LogP contribution in [0.25, 0.3) is 0 Å². The van der Waals surface area contributed by atoms with Crippen molar-refractivity contribution in [2.24, 2.45) is 5.92 Å². The second-order valence-electron chi connectivity index (χ2n) is 10.5. The van der Waals surface area contributed by atoms with E-state index in [1.807, 2.05) is 33.8 Å². The molecule has 10 heteroatoms. The molecule has 0 radical (unpaired) electrons. The van der Waals surface area contributed by atoms with Crippen molar-refractivity contribution in [1.82, 2.24) is 24.9 Å². The Labute approximate surface area is 214 Å². The van der Waals surface area contributed by atoms with E-state index in [0.717, 1.165) is 43.9 Å². The molecule has 1 atom stereocenters. The van der Waals surface area contributed by atoms with Gasteiger partial charge in [-0.15, -0.1) is 0 Å². The molecule has 2 aliphatic rings. The van der Waals surface area contributed by atoms with Crippen LogP contribution < -0.4 is 20.7 Å². The summed E-state index contributed by atoms with van der Waals surface area (Å²) in [6.45, 7) is 13.5. The van der Waals surface area contributed by atoms with Crippen LogP contribution >= 0.6 is 0 Å². The molecule has 2 aromatic rings. The Hall–Kier alpha value is -2.95. The molecule has 1 aromatic carbocycles. The average molecular weight is 512 g/mol. The van der Waals surface area contributed by atoms with Crippen molar-refractivity contribution in [3.05, 3.63) is 59.6 Å². The van der Waals surface area contributed by atoms with E-state index in [1.165, 1.54) is 5.70 Å². The van der Waals surface area contributed by atoms with Crippen LogP contribution in [-0.2, 0) is 10.0 Å². The van der Waals surface area contributed by atoms with Gasteiger partial charge in [0, 0.05) is 60.6 Å². The normalized spacial score (nSPS) is 18.9. The van der Waals surface area contributed by atoms with E-state index in [2.05, 4.69) is 49.6 Å². The maximum absolute atomic E-state index is 12.8. The highest BCUT2D eigenvalue weighted by Gasteiger charge is 2.23. The minimum atomic E-state index is -3.65. The van der Waals surface area contributed by atoms with Crippen molar-refractivity contribution in [2.45, 2.75) is 51.5 Å². The molecule has 2 heterocycles. The van der Waals surface area contributed by atoms with Crippen LogP contribution in [0.3, 0.4) is 0 Å². The predicted octanol–water partition coefficient (Wildman–Crippen LogP) is 3.73. The van der Waals surface area contributed by atoms with Crippen LogP contribution in [0.1, 0.15) is 39.7 Å². The number of nitrogens with one attached hydrogen (secondary N) is 4. The van der Waals surface area contributed by atoms with Gasteiger partial charge >= 0.3 is 0 Å². The van der Waals surface area contributed by atoms with Crippen molar-refractivity contribution in [1.29, 1.82) is 0 Å². The number of hydrogen-bond donors (Lipinski definition) is 4. The Morgan fingerprint density at radius 2 is 1.89 bits per heavy atom. The lowest BCUT2D eigenvalue weighted by Gasteiger charge is -2.33. The summed E-state index contributed by atoms with van der Waals surface area (Å²) >= 11 is 0. The number of anilines is 3. The van der Waals surface area contributed by atoms with Gasteiger partial charge in [-0.05, 0) is 64.3 Å². The Bertz CT molecular complexity index is 1260. The van der Waals surface area contributed by atoms with Gasteiger partial charge in [0.1, 0.15) is 5.82 Å². The monoisotopic (exact) mass is 511 g/mol. The standard InChI is InChI=1S/C26H37N7O2S/c1-18-9-10-21(33-13-11-27-12-14-33)16-23(18)30-25-28-17-19(2)24(31-25)29-20-7-6-8-22(15-20)36(34,35)32-26(3,4)5/h6-8,10,15-18,27,32H,9,11-14H2,1-5H3,(H2,28,29,30,31). The van der Waals surface area contributed by atoms with Crippen LogP contribution in [0.2, 0.25) is 0 Å². The second kappa shape index (κ2) is 10.6. The highest BCUT2D eigenvalue weighted by atomic mass is 32.2. The summed E-state index contributed by atoms with van der Waals surface area (Å²) < 4.78 is 28.2. The zero-order chi connectivity index (χ0) is 25.9. The van der Waals surface area contributed by atoms with E-state index in [4.69, 9.17) is 4.98 Å². The fraction of sp³-hybridized carbons (Fsp3) is 0.462. The number of allylic oxidation sites excluding steroid dienone is 3. The molecule has 0 spiro atoms. The van der Waals surface area contributed by atoms with Crippen LogP contribution in [0.15, 0.2) is 58.9 Å². The molecule has 1 unspecified atom stereocenters. The van der Waals surface area contributed by atoms with Crippen molar-refractivity contribution in [3.63, 3.8) is 0 Å². The number of aromatic nitrogens is 2. The molecule has 9 nitrogen and oxygen atoms in total. The first-order chi connectivity index (χ1) is 17.0. The number of piperazine rings is 1. The van der Waals surface area contributed by atoms with Crippen LogP contribution in [0.4, 0.5) is 17.5 Å². The lowest BCUT2D eigenvalue weighted by molar-refractivity contribution is 0.304. The summed E-state index contributed by atoms with van der Waals surface area (Å²) in [6, 6.07) is 6.73. The van der Waals surface area contributed by atoms with Crippen LogP contribution in [0, 0.1) is 12.8 Å². The smallest absolute Gasteiger partial charge is 0.241 e. The molecule has 1 fully saturated rings. The first-order valence-corrected chi connectivity index (χ1v) is 13.9. The van der Waals surface area contributed by atoms with Crippen LogP contribution in [0.5, 0.6) is 0 Å². The molecule has 194 valence electrons. The molecule has 4 N–H and O–H groups in total. The number of nitrogens with zero attached hydrogens (tertiary/aromatic N) is 3. The minimum absolute atomic E-state index is 0.195.